The standard InChI is InChI=1S/C25H30N2O4/c1-25(2,3)24(30)27-15-13-19(14-16-27)31-22-12-8-7-11-20(22)23(29)26-17-21(28)18-9-5-4-6-10-18/h4-12,19H,13-17H2,1-3H3,(H,26,29). The molecular weight excluding hydrogens is 392 g/mol. The number of nitrogens with one attached hydrogen (secondary N) is 1. The summed E-state index contributed by atoms with van der Waals surface area (Å²) in [5.41, 5.74) is 0.565. The Morgan fingerprint density at radius 2 is 1.58 bits per heavy atom. The number of hydrogen-bond acceptors (Lipinski definition) is 4. The van der Waals surface area contributed by atoms with Gasteiger partial charge in [-0.3, -0.25) is 14.4 Å². The van der Waals surface area contributed by atoms with Gasteiger partial charge in [0.2, 0.25) is 5.91 Å². The minimum Gasteiger partial charge on any atom is -0.489 e. The van der Waals surface area contributed by atoms with E-state index in [9.17, 15) is 14.4 Å². The van der Waals surface area contributed by atoms with Crippen molar-refractivity contribution in [3.05, 3.63) is 65.7 Å². The minimum atomic E-state index is -0.393. The quantitative estimate of drug-likeness (QED) is 0.720. The average molecular weight is 423 g/mol. The summed E-state index contributed by atoms with van der Waals surface area (Å²) in [6.45, 7) is 6.98. The van der Waals surface area contributed by atoms with E-state index in [0.29, 0.717) is 42.8 Å². The summed E-state index contributed by atoms with van der Waals surface area (Å²) in [6, 6.07) is 15.9. The zero-order chi connectivity index (χ0) is 22.4. The molecule has 6 nitrogen and oxygen atoms in total. The number of likely N-dealkylation sites (tertiary alicyclic amines) is 1. The third-order valence-electron chi connectivity index (χ3n) is 5.30. The molecule has 0 atom stereocenters. The zero-order valence-corrected chi connectivity index (χ0v) is 18.4. The van der Waals surface area contributed by atoms with Gasteiger partial charge in [-0.2, -0.15) is 0 Å². The van der Waals surface area contributed by atoms with Crippen LogP contribution in [-0.4, -0.2) is 48.2 Å². The van der Waals surface area contributed by atoms with E-state index in [1.807, 2.05) is 37.8 Å². The molecule has 0 saturated carbocycles. The van der Waals surface area contributed by atoms with E-state index in [-0.39, 0.29) is 30.2 Å². The van der Waals surface area contributed by atoms with Crippen molar-refractivity contribution in [3.63, 3.8) is 0 Å². The van der Waals surface area contributed by atoms with Crippen LogP contribution in [0.3, 0.4) is 0 Å². The molecule has 0 aromatic heterocycles. The Bertz CT molecular complexity index is 926. The van der Waals surface area contributed by atoms with Crippen LogP contribution in [0.1, 0.15) is 54.3 Å². The van der Waals surface area contributed by atoms with Gasteiger partial charge in [-0.15, -0.1) is 0 Å². The predicted molar refractivity (Wildman–Crippen MR) is 119 cm³/mol. The molecule has 3 rings (SSSR count). The van der Waals surface area contributed by atoms with Gasteiger partial charge in [0.1, 0.15) is 11.9 Å². The fourth-order valence-electron chi connectivity index (χ4n) is 3.57. The topological polar surface area (TPSA) is 75.7 Å². The summed E-state index contributed by atoms with van der Waals surface area (Å²) < 4.78 is 6.13. The molecule has 1 aliphatic rings. The van der Waals surface area contributed by atoms with E-state index in [4.69, 9.17) is 4.74 Å². The number of amides is 2. The summed E-state index contributed by atoms with van der Waals surface area (Å²) >= 11 is 0. The van der Waals surface area contributed by atoms with E-state index in [0.717, 1.165) is 0 Å². The smallest absolute Gasteiger partial charge is 0.255 e. The number of carbonyl (C=O) groups is 3. The molecule has 1 aliphatic heterocycles. The van der Waals surface area contributed by atoms with E-state index in [1.54, 1.807) is 42.5 Å². The van der Waals surface area contributed by atoms with E-state index in [1.165, 1.54) is 0 Å². The van der Waals surface area contributed by atoms with Crippen LogP contribution in [-0.2, 0) is 4.79 Å². The fourth-order valence-corrected chi connectivity index (χ4v) is 3.57. The molecule has 31 heavy (non-hydrogen) atoms. The predicted octanol–water partition coefficient (Wildman–Crippen LogP) is 3.72. The van der Waals surface area contributed by atoms with Crippen LogP contribution in [0.25, 0.3) is 0 Å². The van der Waals surface area contributed by atoms with Crippen molar-refractivity contribution in [2.45, 2.75) is 39.7 Å². The first kappa shape index (κ1) is 22.5. The molecule has 2 amide bonds. The summed E-state index contributed by atoms with van der Waals surface area (Å²) in [4.78, 5) is 39.3. The number of hydrogen-bond donors (Lipinski definition) is 1. The Hall–Kier alpha value is -3.15. The molecule has 164 valence electrons. The first-order chi connectivity index (χ1) is 14.8. The van der Waals surface area contributed by atoms with Gasteiger partial charge in [0.05, 0.1) is 12.1 Å². The molecule has 6 heteroatoms. The van der Waals surface area contributed by atoms with Gasteiger partial charge in [-0.1, -0.05) is 63.2 Å². The van der Waals surface area contributed by atoms with Crippen LogP contribution >= 0.6 is 0 Å². The van der Waals surface area contributed by atoms with Crippen LogP contribution in [0.5, 0.6) is 5.75 Å². The highest BCUT2D eigenvalue weighted by Crippen LogP contribution is 2.25. The molecular formula is C25H30N2O4. The van der Waals surface area contributed by atoms with E-state index < -0.39 is 5.41 Å². The van der Waals surface area contributed by atoms with Crippen molar-refractivity contribution < 1.29 is 19.1 Å². The molecule has 0 radical (unpaired) electrons. The normalized spacial score (nSPS) is 14.7. The number of rotatable bonds is 6. The Kier molecular flexibility index (Phi) is 7.10. The van der Waals surface area contributed by atoms with Crippen molar-refractivity contribution >= 4 is 17.6 Å². The number of para-hydroxylation sites is 1. The fraction of sp³-hybridized carbons (Fsp3) is 0.400. The van der Waals surface area contributed by atoms with Gasteiger partial charge in [0.25, 0.3) is 5.91 Å². The molecule has 2 aromatic carbocycles. The van der Waals surface area contributed by atoms with Crippen molar-refractivity contribution in [2.75, 3.05) is 19.6 Å². The lowest BCUT2D eigenvalue weighted by atomic mass is 9.93. The Morgan fingerprint density at radius 1 is 0.968 bits per heavy atom. The van der Waals surface area contributed by atoms with Crippen molar-refractivity contribution in [3.8, 4) is 5.75 Å². The molecule has 1 N–H and O–H groups in total. The van der Waals surface area contributed by atoms with Crippen molar-refractivity contribution in [1.82, 2.24) is 10.2 Å². The van der Waals surface area contributed by atoms with Crippen LogP contribution in [0.2, 0.25) is 0 Å². The number of piperidine rings is 1. The minimum absolute atomic E-state index is 0.0658. The number of nitrogens with zero attached hydrogens (tertiary/aromatic N) is 1. The largest absolute Gasteiger partial charge is 0.489 e. The summed E-state index contributed by atoms with van der Waals surface area (Å²) in [5.74, 6) is 0.144. The maximum Gasteiger partial charge on any atom is 0.255 e. The maximum atomic E-state index is 12.7. The molecule has 0 spiro atoms. The lowest BCUT2D eigenvalue weighted by Crippen LogP contribution is -2.46. The van der Waals surface area contributed by atoms with Crippen LogP contribution in [0.4, 0.5) is 0 Å². The number of Topliss-reactive ketones (excluding diaryl/α,β-unsaturated/α-hetero) is 1. The SMILES string of the molecule is CC(C)(C)C(=O)N1CCC(Oc2ccccc2C(=O)NCC(=O)c2ccccc2)CC1. The second kappa shape index (κ2) is 9.77. The first-order valence-electron chi connectivity index (χ1n) is 10.7. The Balaban J connectivity index is 1.57. The summed E-state index contributed by atoms with van der Waals surface area (Å²) in [7, 11) is 0. The monoisotopic (exact) mass is 422 g/mol. The average Bonchev–Trinajstić information content (AvgIpc) is 2.77. The van der Waals surface area contributed by atoms with Gasteiger partial charge in [0, 0.05) is 36.9 Å². The highest BCUT2D eigenvalue weighted by atomic mass is 16.5. The van der Waals surface area contributed by atoms with Crippen molar-refractivity contribution in [2.24, 2.45) is 5.41 Å². The van der Waals surface area contributed by atoms with Gasteiger partial charge in [-0.05, 0) is 12.1 Å². The highest BCUT2D eigenvalue weighted by Gasteiger charge is 2.31. The second-order valence-corrected chi connectivity index (χ2v) is 8.83. The molecule has 2 aromatic rings. The third kappa shape index (κ3) is 5.94. The molecule has 1 fully saturated rings. The first-order valence-corrected chi connectivity index (χ1v) is 10.7. The zero-order valence-electron chi connectivity index (χ0n) is 18.4. The third-order valence-corrected chi connectivity index (χ3v) is 5.30. The Labute approximate surface area is 183 Å². The molecule has 1 heterocycles. The van der Waals surface area contributed by atoms with Crippen molar-refractivity contribution in [1.29, 1.82) is 0 Å². The maximum absolute atomic E-state index is 12.7. The molecule has 0 bridgehead atoms. The summed E-state index contributed by atoms with van der Waals surface area (Å²) in [6.07, 6.45) is 1.36. The molecule has 1 saturated heterocycles. The van der Waals surface area contributed by atoms with Gasteiger partial charge in [-0.25, -0.2) is 0 Å². The molecule has 0 unspecified atom stereocenters. The molecule has 0 aliphatic carbocycles. The van der Waals surface area contributed by atoms with Crippen LogP contribution in [0.15, 0.2) is 54.6 Å². The highest BCUT2D eigenvalue weighted by molar-refractivity contribution is 6.03. The van der Waals surface area contributed by atoms with E-state index in [2.05, 4.69) is 5.32 Å². The Morgan fingerprint density at radius 3 is 2.23 bits per heavy atom. The second-order valence-electron chi connectivity index (χ2n) is 8.83. The number of carbonyl (C=O) groups excluding carboxylic acids is 3. The number of ether oxygens (including phenoxy) is 1. The van der Waals surface area contributed by atoms with Gasteiger partial charge >= 0.3 is 0 Å². The lowest BCUT2D eigenvalue weighted by molar-refractivity contribution is -0.141. The van der Waals surface area contributed by atoms with Gasteiger partial charge < -0.3 is 15.0 Å². The van der Waals surface area contributed by atoms with Crippen LogP contribution < -0.4 is 10.1 Å². The lowest BCUT2D eigenvalue weighted by Gasteiger charge is -2.35. The number of benzene rings is 2. The summed E-state index contributed by atoms with van der Waals surface area (Å²) in [5, 5.41) is 2.69. The van der Waals surface area contributed by atoms with E-state index >= 15 is 0 Å². The number of ketones is 1. The van der Waals surface area contributed by atoms with Gasteiger partial charge in [0.15, 0.2) is 5.78 Å². The van der Waals surface area contributed by atoms with Crippen LogP contribution in [0, 0.1) is 5.41 Å².